The Kier molecular flexibility index (Phi) is 4.13. The summed E-state index contributed by atoms with van der Waals surface area (Å²) < 4.78 is 5.64. The molecule has 3 rings (SSSR count). The zero-order valence-corrected chi connectivity index (χ0v) is 13.3. The molecule has 5 nitrogen and oxygen atoms in total. The van der Waals surface area contributed by atoms with Crippen LogP contribution in [0.1, 0.15) is 32.5 Å². The maximum absolute atomic E-state index is 5.64. The number of nitrogens with zero attached hydrogens (tertiary/aromatic N) is 2. The van der Waals surface area contributed by atoms with Gasteiger partial charge < -0.3 is 15.4 Å². The van der Waals surface area contributed by atoms with Crippen molar-refractivity contribution < 1.29 is 4.74 Å². The van der Waals surface area contributed by atoms with E-state index in [-0.39, 0.29) is 6.10 Å². The Hall–Kier alpha value is -2.30. The van der Waals surface area contributed by atoms with Gasteiger partial charge in [0.2, 0.25) is 0 Å². The number of rotatable bonds is 6. The molecular weight excluding hydrogens is 276 g/mol. The van der Waals surface area contributed by atoms with Gasteiger partial charge in [-0.3, -0.25) is 0 Å². The van der Waals surface area contributed by atoms with Gasteiger partial charge in [-0.05, 0) is 57.9 Å². The Balaban J connectivity index is 1.70. The van der Waals surface area contributed by atoms with E-state index in [9.17, 15) is 0 Å². The maximum Gasteiger partial charge on any atom is 0.136 e. The van der Waals surface area contributed by atoms with Crippen LogP contribution in [0.4, 0.5) is 17.3 Å². The van der Waals surface area contributed by atoms with Gasteiger partial charge in [-0.2, -0.15) is 0 Å². The zero-order valence-electron chi connectivity index (χ0n) is 13.3. The van der Waals surface area contributed by atoms with Gasteiger partial charge in [-0.1, -0.05) is 0 Å². The minimum Gasteiger partial charge on any atom is -0.491 e. The van der Waals surface area contributed by atoms with Crippen molar-refractivity contribution in [1.29, 1.82) is 0 Å². The minimum atomic E-state index is 0.180. The second-order valence-electron chi connectivity index (χ2n) is 5.92. The SMILES string of the molecule is Cc1nc(Nc2ccc(OC(C)C)cc2)cc(NC2CC2)n1. The molecule has 0 atom stereocenters. The van der Waals surface area contributed by atoms with Crippen LogP contribution in [0.2, 0.25) is 0 Å². The first-order chi connectivity index (χ1) is 10.6. The van der Waals surface area contributed by atoms with E-state index in [0.29, 0.717) is 6.04 Å². The Bertz CT molecular complexity index is 636. The van der Waals surface area contributed by atoms with Crippen LogP contribution < -0.4 is 15.4 Å². The van der Waals surface area contributed by atoms with E-state index in [1.807, 2.05) is 51.1 Å². The molecule has 0 spiro atoms. The topological polar surface area (TPSA) is 59.1 Å². The summed E-state index contributed by atoms with van der Waals surface area (Å²) in [6.07, 6.45) is 2.63. The van der Waals surface area contributed by atoms with E-state index in [2.05, 4.69) is 20.6 Å². The lowest BCUT2D eigenvalue weighted by molar-refractivity contribution is 0.242. The average Bonchev–Trinajstić information content (AvgIpc) is 3.24. The van der Waals surface area contributed by atoms with Crippen LogP contribution in [0.3, 0.4) is 0 Å². The van der Waals surface area contributed by atoms with Gasteiger partial charge in [-0.25, -0.2) is 9.97 Å². The van der Waals surface area contributed by atoms with Crippen molar-refractivity contribution in [2.75, 3.05) is 10.6 Å². The molecule has 1 fully saturated rings. The number of benzene rings is 1. The molecule has 1 aliphatic carbocycles. The van der Waals surface area contributed by atoms with Crippen LogP contribution in [0.15, 0.2) is 30.3 Å². The van der Waals surface area contributed by atoms with Crippen molar-refractivity contribution in [1.82, 2.24) is 9.97 Å². The van der Waals surface area contributed by atoms with E-state index in [0.717, 1.165) is 28.9 Å². The molecule has 0 aliphatic heterocycles. The highest BCUT2D eigenvalue weighted by atomic mass is 16.5. The van der Waals surface area contributed by atoms with Crippen LogP contribution >= 0.6 is 0 Å². The van der Waals surface area contributed by atoms with Crippen molar-refractivity contribution in [3.8, 4) is 5.75 Å². The second kappa shape index (κ2) is 6.22. The molecule has 22 heavy (non-hydrogen) atoms. The fraction of sp³-hybridized carbons (Fsp3) is 0.412. The van der Waals surface area contributed by atoms with Crippen molar-refractivity contribution in [3.63, 3.8) is 0 Å². The normalized spacial score (nSPS) is 14.0. The highest BCUT2D eigenvalue weighted by Gasteiger charge is 2.21. The molecule has 1 heterocycles. The number of aromatic nitrogens is 2. The third-order valence-electron chi connectivity index (χ3n) is 3.27. The molecule has 1 aromatic heterocycles. The molecule has 5 heteroatoms. The van der Waals surface area contributed by atoms with Crippen LogP contribution in [0, 0.1) is 6.92 Å². The molecule has 2 aromatic rings. The smallest absolute Gasteiger partial charge is 0.136 e. The molecule has 0 saturated heterocycles. The zero-order chi connectivity index (χ0) is 15.5. The summed E-state index contributed by atoms with van der Waals surface area (Å²) in [5, 5.41) is 6.72. The minimum absolute atomic E-state index is 0.180. The largest absolute Gasteiger partial charge is 0.491 e. The molecule has 0 amide bonds. The second-order valence-corrected chi connectivity index (χ2v) is 5.92. The number of aryl methyl sites for hydroxylation is 1. The quantitative estimate of drug-likeness (QED) is 0.847. The van der Waals surface area contributed by atoms with Crippen LogP contribution in [0.5, 0.6) is 5.75 Å². The predicted molar refractivity (Wildman–Crippen MR) is 88.9 cm³/mol. The third kappa shape index (κ3) is 4.10. The molecule has 1 saturated carbocycles. The Morgan fingerprint density at radius 2 is 1.77 bits per heavy atom. The van der Waals surface area contributed by atoms with E-state index in [1.54, 1.807) is 0 Å². The fourth-order valence-corrected chi connectivity index (χ4v) is 2.18. The first-order valence-corrected chi connectivity index (χ1v) is 7.74. The summed E-state index contributed by atoms with van der Waals surface area (Å²) >= 11 is 0. The van der Waals surface area contributed by atoms with Gasteiger partial charge in [0.05, 0.1) is 6.10 Å². The number of anilines is 3. The van der Waals surface area contributed by atoms with Crippen molar-refractivity contribution in [3.05, 3.63) is 36.2 Å². The fourth-order valence-electron chi connectivity index (χ4n) is 2.18. The Labute approximate surface area is 131 Å². The molecule has 116 valence electrons. The van der Waals surface area contributed by atoms with Gasteiger partial charge in [-0.15, -0.1) is 0 Å². The molecular formula is C17H22N4O. The Morgan fingerprint density at radius 3 is 2.41 bits per heavy atom. The third-order valence-corrected chi connectivity index (χ3v) is 3.27. The summed E-state index contributed by atoms with van der Waals surface area (Å²) in [5.41, 5.74) is 0.978. The van der Waals surface area contributed by atoms with E-state index >= 15 is 0 Å². The molecule has 0 bridgehead atoms. The first kappa shape index (κ1) is 14.6. The average molecular weight is 298 g/mol. The number of hydrogen-bond acceptors (Lipinski definition) is 5. The number of hydrogen-bond donors (Lipinski definition) is 2. The Morgan fingerprint density at radius 1 is 1.09 bits per heavy atom. The van der Waals surface area contributed by atoms with Gasteiger partial charge in [0.1, 0.15) is 23.2 Å². The van der Waals surface area contributed by atoms with Crippen molar-refractivity contribution in [2.24, 2.45) is 0 Å². The number of nitrogens with one attached hydrogen (secondary N) is 2. The van der Waals surface area contributed by atoms with Crippen LogP contribution in [-0.2, 0) is 0 Å². The van der Waals surface area contributed by atoms with Crippen LogP contribution in [0.25, 0.3) is 0 Å². The van der Waals surface area contributed by atoms with E-state index < -0.39 is 0 Å². The number of ether oxygens (including phenoxy) is 1. The van der Waals surface area contributed by atoms with Gasteiger partial charge in [0.25, 0.3) is 0 Å². The monoisotopic (exact) mass is 298 g/mol. The van der Waals surface area contributed by atoms with Crippen LogP contribution in [-0.4, -0.2) is 22.1 Å². The molecule has 1 aromatic carbocycles. The highest BCUT2D eigenvalue weighted by molar-refractivity contribution is 5.60. The summed E-state index contributed by atoms with van der Waals surface area (Å²) in [6, 6.07) is 10.4. The lowest BCUT2D eigenvalue weighted by Gasteiger charge is -2.12. The molecule has 1 aliphatic rings. The van der Waals surface area contributed by atoms with Crippen molar-refractivity contribution in [2.45, 2.75) is 45.8 Å². The summed E-state index contributed by atoms with van der Waals surface area (Å²) in [7, 11) is 0. The predicted octanol–water partition coefficient (Wildman–Crippen LogP) is 3.89. The molecule has 2 N–H and O–H groups in total. The highest BCUT2D eigenvalue weighted by Crippen LogP contribution is 2.26. The summed E-state index contributed by atoms with van der Waals surface area (Å²) in [5.74, 6) is 3.31. The summed E-state index contributed by atoms with van der Waals surface area (Å²) in [4.78, 5) is 8.85. The molecule has 0 unspecified atom stereocenters. The van der Waals surface area contributed by atoms with Gasteiger partial charge >= 0.3 is 0 Å². The van der Waals surface area contributed by atoms with Gasteiger partial charge in [0, 0.05) is 17.8 Å². The lowest BCUT2D eigenvalue weighted by atomic mass is 10.3. The maximum atomic E-state index is 5.64. The standard InChI is InChI=1S/C17H22N4O/c1-11(2)22-15-8-6-14(7-9-15)21-17-10-16(18-12(3)19-17)20-13-4-5-13/h6-11,13H,4-5H2,1-3H3,(H2,18,19,20,21). The van der Waals surface area contributed by atoms with Crippen molar-refractivity contribution >= 4 is 17.3 Å². The lowest BCUT2D eigenvalue weighted by Crippen LogP contribution is -2.06. The molecule has 0 radical (unpaired) electrons. The van der Waals surface area contributed by atoms with E-state index in [4.69, 9.17) is 4.74 Å². The van der Waals surface area contributed by atoms with E-state index in [1.165, 1.54) is 12.8 Å². The van der Waals surface area contributed by atoms with Gasteiger partial charge in [0.15, 0.2) is 0 Å². The first-order valence-electron chi connectivity index (χ1n) is 7.74. The summed E-state index contributed by atoms with van der Waals surface area (Å²) in [6.45, 7) is 5.94.